The predicted octanol–water partition coefficient (Wildman–Crippen LogP) is 2.55. The molecule has 20 heavy (non-hydrogen) atoms. The van der Waals surface area contributed by atoms with E-state index in [-0.39, 0.29) is 0 Å². The van der Waals surface area contributed by atoms with Gasteiger partial charge in [0.1, 0.15) is 5.75 Å². The van der Waals surface area contributed by atoms with Gasteiger partial charge in [-0.2, -0.15) is 11.3 Å². The molecule has 1 aliphatic rings. The Morgan fingerprint density at radius 1 is 1.35 bits per heavy atom. The van der Waals surface area contributed by atoms with Crippen molar-refractivity contribution in [2.45, 2.75) is 18.9 Å². The zero-order valence-corrected chi connectivity index (χ0v) is 12.2. The van der Waals surface area contributed by atoms with Crippen LogP contribution in [0.3, 0.4) is 0 Å². The number of ether oxygens (including phenoxy) is 1. The van der Waals surface area contributed by atoms with E-state index >= 15 is 0 Å². The Kier molecular flexibility index (Phi) is 4.35. The molecule has 1 atom stereocenters. The normalized spacial score (nSPS) is 14.8. The highest BCUT2D eigenvalue weighted by atomic mass is 32.1. The van der Waals surface area contributed by atoms with Gasteiger partial charge in [-0.05, 0) is 52.5 Å². The van der Waals surface area contributed by atoms with Crippen LogP contribution < -0.4 is 10.1 Å². The Balaban J connectivity index is 1.44. The first-order valence-corrected chi connectivity index (χ1v) is 7.93. The van der Waals surface area contributed by atoms with Crippen molar-refractivity contribution in [3.63, 3.8) is 0 Å². The summed E-state index contributed by atoms with van der Waals surface area (Å²) in [5.41, 5.74) is 3.64. The number of fused-ring (bicyclic) bond motifs is 1. The van der Waals surface area contributed by atoms with Crippen molar-refractivity contribution in [3.8, 4) is 5.75 Å². The molecular formula is C16H19NO2S. The lowest BCUT2D eigenvalue weighted by Gasteiger charge is -2.10. The zero-order valence-electron chi connectivity index (χ0n) is 11.3. The van der Waals surface area contributed by atoms with Gasteiger partial charge in [-0.15, -0.1) is 0 Å². The number of hydrogen-bond donors (Lipinski definition) is 2. The first-order chi connectivity index (χ1) is 9.83. The fourth-order valence-corrected chi connectivity index (χ4v) is 3.16. The minimum atomic E-state index is -0.408. The molecule has 0 bridgehead atoms. The topological polar surface area (TPSA) is 41.5 Å². The number of nitrogens with one attached hydrogen (secondary N) is 1. The van der Waals surface area contributed by atoms with Crippen molar-refractivity contribution in [2.24, 2.45) is 0 Å². The number of rotatable bonds is 6. The summed E-state index contributed by atoms with van der Waals surface area (Å²) in [6, 6.07) is 8.40. The molecule has 4 heteroatoms. The molecule has 0 amide bonds. The Morgan fingerprint density at radius 3 is 3.15 bits per heavy atom. The van der Waals surface area contributed by atoms with Crippen molar-refractivity contribution in [2.75, 3.05) is 19.7 Å². The maximum atomic E-state index is 9.96. The molecule has 2 heterocycles. The molecule has 0 radical (unpaired) electrons. The standard InChI is InChI=1S/C16H19NO2S/c18-15(14-5-8-20-11-14)10-17-6-3-12-1-2-16-13(9-12)4-7-19-16/h1-2,5,8-9,11,15,17-18H,3-4,6-7,10H2. The Bertz CT molecular complexity index is 554. The van der Waals surface area contributed by atoms with E-state index in [1.807, 2.05) is 16.8 Å². The maximum absolute atomic E-state index is 9.96. The van der Waals surface area contributed by atoms with Gasteiger partial charge in [0, 0.05) is 13.0 Å². The van der Waals surface area contributed by atoms with Crippen LogP contribution in [-0.4, -0.2) is 24.8 Å². The molecule has 3 rings (SSSR count). The van der Waals surface area contributed by atoms with Crippen LogP contribution in [0.4, 0.5) is 0 Å². The number of benzene rings is 1. The van der Waals surface area contributed by atoms with Crippen LogP contribution in [0, 0.1) is 0 Å². The third-order valence-electron chi connectivity index (χ3n) is 3.61. The summed E-state index contributed by atoms with van der Waals surface area (Å²) in [7, 11) is 0. The van der Waals surface area contributed by atoms with E-state index < -0.39 is 6.10 Å². The van der Waals surface area contributed by atoms with Gasteiger partial charge in [-0.3, -0.25) is 0 Å². The second kappa shape index (κ2) is 6.39. The molecule has 0 saturated carbocycles. The lowest BCUT2D eigenvalue weighted by molar-refractivity contribution is 0.175. The summed E-state index contributed by atoms with van der Waals surface area (Å²) in [4.78, 5) is 0. The van der Waals surface area contributed by atoms with Crippen LogP contribution in [0.15, 0.2) is 35.0 Å². The van der Waals surface area contributed by atoms with Crippen LogP contribution in [0.2, 0.25) is 0 Å². The second-order valence-electron chi connectivity index (χ2n) is 5.07. The average Bonchev–Trinajstić information content (AvgIpc) is 3.13. The molecule has 3 nitrogen and oxygen atoms in total. The van der Waals surface area contributed by atoms with Gasteiger partial charge in [-0.25, -0.2) is 0 Å². The molecule has 0 saturated heterocycles. The molecule has 106 valence electrons. The van der Waals surface area contributed by atoms with E-state index in [1.165, 1.54) is 11.1 Å². The minimum absolute atomic E-state index is 0.408. The van der Waals surface area contributed by atoms with Gasteiger partial charge < -0.3 is 15.2 Å². The van der Waals surface area contributed by atoms with E-state index in [0.29, 0.717) is 6.54 Å². The largest absolute Gasteiger partial charge is 0.493 e. The number of hydrogen-bond acceptors (Lipinski definition) is 4. The van der Waals surface area contributed by atoms with Gasteiger partial charge >= 0.3 is 0 Å². The lowest BCUT2D eigenvalue weighted by atomic mass is 10.1. The van der Waals surface area contributed by atoms with Crippen LogP contribution >= 0.6 is 11.3 Å². The summed E-state index contributed by atoms with van der Waals surface area (Å²) in [6.45, 7) is 2.29. The average molecular weight is 289 g/mol. The Labute approximate surface area is 123 Å². The van der Waals surface area contributed by atoms with E-state index in [1.54, 1.807) is 11.3 Å². The van der Waals surface area contributed by atoms with Crippen molar-refractivity contribution >= 4 is 11.3 Å². The van der Waals surface area contributed by atoms with Crippen LogP contribution in [-0.2, 0) is 12.8 Å². The third kappa shape index (κ3) is 3.20. The summed E-state index contributed by atoms with van der Waals surface area (Å²) >= 11 is 1.62. The van der Waals surface area contributed by atoms with E-state index in [4.69, 9.17) is 4.74 Å². The molecular weight excluding hydrogens is 270 g/mol. The van der Waals surface area contributed by atoms with Crippen molar-refractivity contribution in [1.82, 2.24) is 5.32 Å². The highest BCUT2D eigenvalue weighted by Crippen LogP contribution is 2.25. The van der Waals surface area contributed by atoms with Gasteiger partial charge in [0.2, 0.25) is 0 Å². The van der Waals surface area contributed by atoms with Gasteiger partial charge in [0.15, 0.2) is 0 Å². The summed E-state index contributed by atoms with van der Waals surface area (Å²) in [5, 5.41) is 17.3. The molecule has 1 aliphatic heterocycles. The number of aliphatic hydroxyl groups is 1. The van der Waals surface area contributed by atoms with Gasteiger partial charge in [0.25, 0.3) is 0 Å². The molecule has 1 aromatic carbocycles. The fraction of sp³-hybridized carbons (Fsp3) is 0.375. The Hall–Kier alpha value is -1.36. The predicted molar refractivity (Wildman–Crippen MR) is 81.5 cm³/mol. The second-order valence-corrected chi connectivity index (χ2v) is 5.85. The number of thiophene rings is 1. The lowest BCUT2D eigenvalue weighted by Crippen LogP contribution is -2.23. The summed E-state index contributed by atoms with van der Waals surface area (Å²) < 4.78 is 5.50. The van der Waals surface area contributed by atoms with E-state index in [2.05, 4.69) is 23.5 Å². The van der Waals surface area contributed by atoms with Crippen LogP contribution in [0.25, 0.3) is 0 Å². The first-order valence-electron chi connectivity index (χ1n) is 6.98. The number of aliphatic hydroxyl groups excluding tert-OH is 1. The monoisotopic (exact) mass is 289 g/mol. The summed E-state index contributed by atoms with van der Waals surface area (Å²) in [6.07, 6.45) is 1.59. The molecule has 0 spiro atoms. The summed E-state index contributed by atoms with van der Waals surface area (Å²) in [5.74, 6) is 1.04. The van der Waals surface area contributed by atoms with Crippen LogP contribution in [0.1, 0.15) is 22.8 Å². The molecule has 0 fully saturated rings. The highest BCUT2D eigenvalue weighted by Gasteiger charge is 2.12. The first kappa shape index (κ1) is 13.6. The van der Waals surface area contributed by atoms with Crippen molar-refractivity contribution in [3.05, 3.63) is 51.7 Å². The fourth-order valence-electron chi connectivity index (χ4n) is 2.45. The van der Waals surface area contributed by atoms with E-state index in [9.17, 15) is 5.11 Å². The van der Waals surface area contributed by atoms with Crippen molar-refractivity contribution in [1.29, 1.82) is 0 Å². The molecule has 1 unspecified atom stereocenters. The Morgan fingerprint density at radius 2 is 2.30 bits per heavy atom. The smallest absolute Gasteiger partial charge is 0.122 e. The van der Waals surface area contributed by atoms with Gasteiger partial charge in [-0.1, -0.05) is 12.1 Å². The quantitative estimate of drug-likeness (QED) is 0.803. The maximum Gasteiger partial charge on any atom is 0.122 e. The van der Waals surface area contributed by atoms with Crippen molar-refractivity contribution < 1.29 is 9.84 Å². The van der Waals surface area contributed by atoms with Gasteiger partial charge in [0.05, 0.1) is 12.7 Å². The highest BCUT2D eigenvalue weighted by molar-refractivity contribution is 7.07. The molecule has 2 aromatic rings. The zero-order chi connectivity index (χ0) is 13.8. The van der Waals surface area contributed by atoms with Crippen LogP contribution in [0.5, 0.6) is 5.75 Å². The molecule has 1 aromatic heterocycles. The molecule has 2 N–H and O–H groups in total. The minimum Gasteiger partial charge on any atom is -0.493 e. The van der Waals surface area contributed by atoms with E-state index in [0.717, 1.165) is 37.3 Å². The molecule has 0 aliphatic carbocycles. The SMILES string of the molecule is OC(CNCCc1ccc2c(c1)CCO2)c1ccsc1. The third-order valence-corrected chi connectivity index (χ3v) is 4.31.